The van der Waals surface area contributed by atoms with Crippen molar-refractivity contribution in [1.29, 1.82) is 0 Å². The molecule has 1 aromatic rings. The highest BCUT2D eigenvalue weighted by molar-refractivity contribution is 5.54. The van der Waals surface area contributed by atoms with Crippen LogP contribution in [-0.4, -0.2) is 6.04 Å². The van der Waals surface area contributed by atoms with Crippen LogP contribution in [-0.2, 0) is 0 Å². The van der Waals surface area contributed by atoms with Crippen LogP contribution in [0.25, 0.3) is 0 Å². The highest BCUT2D eigenvalue weighted by Gasteiger charge is 2.24. The van der Waals surface area contributed by atoms with E-state index in [0.29, 0.717) is 11.5 Å². The minimum atomic E-state index is 0.540. The standard InChI is InChI=1S/C17H27N/c1-13-7-5-9-16(14(13)2)18-15-8-6-11-17(3,4)12-10-15/h5,7,9,15,18H,6,8,10-12H2,1-4H3. The number of aryl methyl sites for hydroxylation is 1. The Kier molecular flexibility index (Phi) is 3.99. The maximum atomic E-state index is 3.77. The summed E-state index contributed by atoms with van der Waals surface area (Å²) < 4.78 is 0. The Hall–Kier alpha value is -0.980. The molecule has 0 spiro atoms. The summed E-state index contributed by atoms with van der Waals surface area (Å²) in [7, 11) is 0. The first-order valence-corrected chi connectivity index (χ1v) is 7.31. The second-order valence-electron chi connectivity index (χ2n) is 6.68. The molecule has 1 saturated carbocycles. The van der Waals surface area contributed by atoms with E-state index in [2.05, 4.69) is 51.2 Å². The number of nitrogens with one attached hydrogen (secondary N) is 1. The van der Waals surface area contributed by atoms with Crippen molar-refractivity contribution in [1.82, 2.24) is 0 Å². The van der Waals surface area contributed by atoms with Gasteiger partial charge in [-0.2, -0.15) is 0 Å². The third-order valence-corrected chi connectivity index (χ3v) is 4.54. The van der Waals surface area contributed by atoms with E-state index in [-0.39, 0.29) is 0 Å². The van der Waals surface area contributed by atoms with Gasteiger partial charge in [0.25, 0.3) is 0 Å². The van der Waals surface area contributed by atoms with Gasteiger partial charge < -0.3 is 5.32 Å². The zero-order chi connectivity index (χ0) is 13.2. The van der Waals surface area contributed by atoms with E-state index in [0.717, 1.165) is 0 Å². The monoisotopic (exact) mass is 245 g/mol. The minimum Gasteiger partial charge on any atom is -0.382 e. The van der Waals surface area contributed by atoms with Crippen LogP contribution in [0.5, 0.6) is 0 Å². The zero-order valence-electron chi connectivity index (χ0n) is 12.3. The molecule has 1 heteroatoms. The Balaban J connectivity index is 2.03. The van der Waals surface area contributed by atoms with Crippen molar-refractivity contribution in [3.05, 3.63) is 29.3 Å². The van der Waals surface area contributed by atoms with Crippen LogP contribution in [0.4, 0.5) is 5.69 Å². The number of anilines is 1. The summed E-state index contributed by atoms with van der Waals surface area (Å²) in [6.07, 6.45) is 6.69. The Morgan fingerprint density at radius 2 is 1.89 bits per heavy atom. The summed E-state index contributed by atoms with van der Waals surface area (Å²) in [6, 6.07) is 7.23. The third kappa shape index (κ3) is 3.28. The predicted octanol–water partition coefficient (Wildman–Crippen LogP) is 5.07. The molecule has 1 unspecified atom stereocenters. The lowest BCUT2D eigenvalue weighted by Gasteiger charge is -2.23. The van der Waals surface area contributed by atoms with Crippen molar-refractivity contribution in [3.63, 3.8) is 0 Å². The Morgan fingerprint density at radius 1 is 1.11 bits per heavy atom. The molecule has 0 aliphatic heterocycles. The van der Waals surface area contributed by atoms with E-state index < -0.39 is 0 Å². The van der Waals surface area contributed by atoms with Gasteiger partial charge in [0, 0.05) is 11.7 Å². The van der Waals surface area contributed by atoms with Crippen LogP contribution < -0.4 is 5.32 Å². The molecule has 0 heterocycles. The lowest BCUT2D eigenvalue weighted by molar-refractivity contribution is 0.313. The highest BCUT2D eigenvalue weighted by Crippen LogP contribution is 2.35. The number of hydrogen-bond acceptors (Lipinski definition) is 1. The first kappa shape index (κ1) is 13.5. The molecule has 0 radical (unpaired) electrons. The van der Waals surface area contributed by atoms with Crippen molar-refractivity contribution in [2.24, 2.45) is 5.41 Å². The summed E-state index contributed by atoms with van der Waals surface area (Å²) >= 11 is 0. The quantitative estimate of drug-likeness (QED) is 0.717. The number of benzene rings is 1. The summed E-state index contributed by atoms with van der Waals surface area (Å²) in [6.45, 7) is 9.23. The van der Waals surface area contributed by atoms with Crippen LogP contribution in [0.2, 0.25) is 0 Å². The van der Waals surface area contributed by atoms with E-state index in [1.807, 2.05) is 0 Å². The highest BCUT2D eigenvalue weighted by atomic mass is 14.9. The summed E-state index contributed by atoms with van der Waals surface area (Å²) in [5, 5.41) is 3.77. The lowest BCUT2D eigenvalue weighted by atomic mass is 9.85. The smallest absolute Gasteiger partial charge is 0.0374 e. The van der Waals surface area contributed by atoms with Crippen LogP contribution in [0, 0.1) is 19.3 Å². The number of hydrogen-bond donors (Lipinski definition) is 1. The van der Waals surface area contributed by atoms with Gasteiger partial charge in [-0.15, -0.1) is 0 Å². The summed E-state index contributed by atoms with van der Waals surface area (Å²) in [5.74, 6) is 0. The first-order valence-electron chi connectivity index (χ1n) is 7.31. The van der Waals surface area contributed by atoms with Gasteiger partial charge in [0.05, 0.1) is 0 Å². The van der Waals surface area contributed by atoms with Gasteiger partial charge in [-0.05, 0) is 62.1 Å². The Morgan fingerprint density at radius 3 is 2.67 bits per heavy atom. The van der Waals surface area contributed by atoms with Crippen LogP contribution in [0.15, 0.2) is 18.2 Å². The van der Waals surface area contributed by atoms with E-state index in [1.165, 1.54) is 48.9 Å². The molecule has 1 N–H and O–H groups in total. The SMILES string of the molecule is Cc1cccc(NC2CCCC(C)(C)CC2)c1C. The maximum Gasteiger partial charge on any atom is 0.0374 e. The lowest BCUT2D eigenvalue weighted by Crippen LogP contribution is -2.19. The molecule has 1 fully saturated rings. The fraction of sp³-hybridized carbons (Fsp3) is 0.647. The fourth-order valence-corrected chi connectivity index (χ4v) is 2.93. The van der Waals surface area contributed by atoms with Crippen molar-refractivity contribution in [2.45, 2.75) is 65.8 Å². The molecule has 0 bridgehead atoms. The molecule has 0 saturated heterocycles. The molecule has 1 aliphatic carbocycles. The predicted molar refractivity (Wildman–Crippen MR) is 80.2 cm³/mol. The average molecular weight is 245 g/mol. The van der Waals surface area contributed by atoms with Crippen LogP contribution in [0.1, 0.15) is 57.1 Å². The molecule has 18 heavy (non-hydrogen) atoms. The normalized spacial score (nSPS) is 23.4. The summed E-state index contributed by atoms with van der Waals surface area (Å²) in [4.78, 5) is 0. The second-order valence-corrected chi connectivity index (χ2v) is 6.68. The molecular weight excluding hydrogens is 218 g/mol. The molecule has 0 aromatic heterocycles. The Bertz CT molecular complexity index is 406. The molecule has 2 rings (SSSR count). The topological polar surface area (TPSA) is 12.0 Å². The van der Waals surface area contributed by atoms with E-state index >= 15 is 0 Å². The zero-order valence-corrected chi connectivity index (χ0v) is 12.3. The maximum absolute atomic E-state index is 3.77. The fourth-order valence-electron chi connectivity index (χ4n) is 2.93. The van der Waals surface area contributed by atoms with Gasteiger partial charge >= 0.3 is 0 Å². The number of rotatable bonds is 2. The van der Waals surface area contributed by atoms with E-state index in [4.69, 9.17) is 0 Å². The molecule has 1 aliphatic rings. The van der Waals surface area contributed by atoms with Crippen molar-refractivity contribution in [2.75, 3.05) is 5.32 Å². The third-order valence-electron chi connectivity index (χ3n) is 4.54. The molecule has 100 valence electrons. The van der Waals surface area contributed by atoms with Gasteiger partial charge in [0.2, 0.25) is 0 Å². The van der Waals surface area contributed by atoms with Gasteiger partial charge in [-0.1, -0.05) is 32.4 Å². The van der Waals surface area contributed by atoms with Gasteiger partial charge in [-0.25, -0.2) is 0 Å². The van der Waals surface area contributed by atoms with Crippen LogP contribution >= 0.6 is 0 Å². The first-order chi connectivity index (χ1) is 8.48. The Labute approximate surface area is 112 Å². The second kappa shape index (κ2) is 5.34. The molecule has 0 amide bonds. The molecular formula is C17H27N. The average Bonchev–Trinajstić information content (AvgIpc) is 2.47. The van der Waals surface area contributed by atoms with Crippen LogP contribution in [0.3, 0.4) is 0 Å². The van der Waals surface area contributed by atoms with Crippen molar-refractivity contribution < 1.29 is 0 Å². The largest absolute Gasteiger partial charge is 0.382 e. The van der Waals surface area contributed by atoms with Gasteiger partial charge in [0.1, 0.15) is 0 Å². The molecule has 1 nitrogen and oxygen atoms in total. The van der Waals surface area contributed by atoms with Crippen molar-refractivity contribution in [3.8, 4) is 0 Å². The molecule has 1 aromatic carbocycles. The van der Waals surface area contributed by atoms with E-state index in [9.17, 15) is 0 Å². The molecule has 1 atom stereocenters. The minimum absolute atomic E-state index is 0.540. The van der Waals surface area contributed by atoms with Gasteiger partial charge in [0.15, 0.2) is 0 Å². The van der Waals surface area contributed by atoms with Crippen molar-refractivity contribution >= 4 is 5.69 Å². The van der Waals surface area contributed by atoms with Gasteiger partial charge in [-0.3, -0.25) is 0 Å². The van der Waals surface area contributed by atoms with E-state index in [1.54, 1.807) is 0 Å². The summed E-state index contributed by atoms with van der Waals surface area (Å²) in [5.41, 5.74) is 4.66.